The molecule has 0 heterocycles. The number of nitrogens with zero attached hydrogens (tertiary/aromatic N) is 1. The second kappa shape index (κ2) is 3.55. The number of nitriles is 1. The lowest BCUT2D eigenvalue weighted by molar-refractivity contribution is 0.245. The predicted molar refractivity (Wildman–Crippen MR) is 56.8 cm³/mol. The van der Waals surface area contributed by atoms with Crippen LogP contribution in [0.5, 0.6) is 0 Å². The van der Waals surface area contributed by atoms with Gasteiger partial charge in [0, 0.05) is 12.1 Å². The molecule has 0 aliphatic heterocycles. The molecule has 2 fully saturated rings. The van der Waals surface area contributed by atoms with Crippen LogP contribution in [-0.2, 0) is 0 Å². The zero-order valence-electron chi connectivity index (χ0n) is 9.10. The highest BCUT2D eigenvalue weighted by Gasteiger charge is 2.44. The van der Waals surface area contributed by atoms with E-state index in [1.54, 1.807) is 0 Å². The monoisotopic (exact) mass is 192 g/mol. The third kappa shape index (κ3) is 2.09. The Morgan fingerprint density at radius 1 is 1.14 bits per heavy atom. The summed E-state index contributed by atoms with van der Waals surface area (Å²) in [5, 5.41) is 12.6. The number of hydrogen-bond donors (Lipinski definition) is 1. The standard InChI is InChI=1S/C12H20N2/c1-11(5-3-2-4-6-11)14-10-12(9-13)7-8-12/h14H,2-8,10H2,1H3. The van der Waals surface area contributed by atoms with Gasteiger partial charge in [-0.15, -0.1) is 0 Å². The molecule has 0 spiro atoms. The highest BCUT2D eigenvalue weighted by Crippen LogP contribution is 2.44. The highest BCUT2D eigenvalue weighted by atomic mass is 15.0. The average Bonchev–Trinajstić information content (AvgIpc) is 2.97. The van der Waals surface area contributed by atoms with Gasteiger partial charge in [0.15, 0.2) is 0 Å². The van der Waals surface area contributed by atoms with Crippen molar-refractivity contribution in [3.63, 3.8) is 0 Å². The summed E-state index contributed by atoms with van der Waals surface area (Å²) >= 11 is 0. The molecule has 14 heavy (non-hydrogen) atoms. The zero-order valence-corrected chi connectivity index (χ0v) is 9.10. The molecule has 0 saturated heterocycles. The Hall–Kier alpha value is -0.550. The van der Waals surface area contributed by atoms with E-state index in [2.05, 4.69) is 18.3 Å². The third-order valence-corrected chi connectivity index (χ3v) is 3.90. The number of rotatable bonds is 3. The molecule has 0 atom stereocenters. The zero-order chi connectivity index (χ0) is 10.1. The van der Waals surface area contributed by atoms with E-state index in [0.29, 0.717) is 5.54 Å². The summed E-state index contributed by atoms with van der Waals surface area (Å²) in [5.41, 5.74) is 0.338. The van der Waals surface area contributed by atoms with Gasteiger partial charge in [0.1, 0.15) is 0 Å². The number of hydrogen-bond acceptors (Lipinski definition) is 2. The summed E-state index contributed by atoms with van der Waals surface area (Å²) in [6, 6.07) is 2.45. The molecule has 2 aliphatic rings. The molecule has 1 N–H and O–H groups in total. The van der Waals surface area contributed by atoms with Crippen molar-refractivity contribution in [2.45, 2.75) is 57.4 Å². The average molecular weight is 192 g/mol. The molecule has 0 aromatic heterocycles. The van der Waals surface area contributed by atoms with Crippen LogP contribution in [0.15, 0.2) is 0 Å². The first kappa shape index (κ1) is 9.98. The van der Waals surface area contributed by atoms with Gasteiger partial charge < -0.3 is 5.32 Å². The van der Waals surface area contributed by atoms with E-state index in [-0.39, 0.29) is 5.41 Å². The summed E-state index contributed by atoms with van der Waals surface area (Å²) in [4.78, 5) is 0. The molecule has 0 radical (unpaired) electrons. The lowest BCUT2D eigenvalue weighted by atomic mass is 9.83. The van der Waals surface area contributed by atoms with Crippen LogP contribution in [-0.4, -0.2) is 12.1 Å². The van der Waals surface area contributed by atoms with E-state index >= 15 is 0 Å². The van der Waals surface area contributed by atoms with Gasteiger partial charge in [-0.25, -0.2) is 0 Å². The van der Waals surface area contributed by atoms with E-state index in [1.807, 2.05) is 0 Å². The van der Waals surface area contributed by atoms with E-state index in [0.717, 1.165) is 19.4 Å². The molecular weight excluding hydrogens is 172 g/mol. The van der Waals surface area contributed by atoms with Crippen LogP contribution in [0.2, 0.25) is 0 Å². The first-order valence-corrected chi connectivity index (χ1v) is 5.84. The summed E-state index contributed by atoms with van der Waals surface area (Å²) in [5.74, 6) is 0. The van der Waals surface area contributed by atoms with Crippen molar-refractivity contribution in [1.29, 1.82) is 5.26 Å². The largest absolute Gasteiger partial charge is 0.310 e. The third-order valence-electron chi connectivity index (χ3n) is 3.90. The van der Waals surface area contributed by atoms with Gasteiger partial charge in [-0.3, -0.25) is 0 Å². The summed E-state index contributed by atoms with van der Waals surface area (Å²) in [6.07, 6.45) is 8.87. The van der Waals surface area contributed by atoms with E-state index < -0.39 is 0 Å². The van der Waals surface area contributed by atoms with Crippen LogP contribution in [0.3, 0.4) is 0 Å². The minimum absolute atomic E-state index is 0.0143. The predicted octanol–water partition coefficient (Wildman–Crippen LogP) is 2.60. The molecule has 2 heteroatoms. The van der Waals surface area contributed by atoms with Gasteiger partial charge in [-0.05, 0) is 32.6 Å². The van der Waals surface area contributed by atoms with Gasteiger partial charge in [0.25, 0.3) is 0 Å². The Morgan fingerprint density at radius 2 is 1.79 bits per heavy atom. The molecule has 0 unspecified atom stereocenters. The quantitative estimate of drug-likeness (QED) is 0.746. The van der Waals surface area contributed by atoms with Gasteiger partial charge in [-0.1, -0.05) is 19.3 Å². The normalized spacial score (nSPS) is 28.0. The Bertz CT molecular complexity index is 242. The Labute approximate surface area is 86.7 Å². The van der Waals surface area contributed by atoms with Crippen molar-refractivity contribution in [1.82, 2.24) is 5.32 Å². The minimum atomic E-state index is 0.0143. The van der Waals surface area contributed by atoms with Gasteiger partial charge >= 0.3 is 0 Å². The maximum atomic E-state index is 8.98. The van der Waals surface area contributed by atoms with E-state index in [1.165, 1.54) is 32.1 Å². The van der Waals surface area contributed by atoms with Crippen molar-refractivity contribution in [2.24, 2.45) is 5.41 Å². The first-order chi connectivity index (χ1) is 6.68. The van der Waals surface area contributed by atoms with Crippen molar-refractivity contribution in [2.75, 3.05) is 6.54 Å². The van der Waals surface area contributed by atoms with Crippen molar-refractivity contribution in [3.05, 3.63) is 0 Å². The SMILES string of the molecule is CC1(NCC2(C#N)CC2)CCCCC1. The number of nitrogens with one attached hydrogen (secondary N) is 1. The molecule has 0 amide bonds. The molecule has 78 valence electrons. The van der Waals surface area contributed by atoms with Gasteiger partial charge in [0.05, 0.1) is 11.5 Å². The molecule has 2 rings (SSSR count). The van der Waals surface area contributed by atoms with E-state index in [9.17, 15) is 0 Å². The van der Waals surface area contributed by atoms with Crippen molar-refractivity contribution < 1.29 is 0 Å². The maximum Gasteiger partial charge on any atom is 0.0703 e. The topological polar surface area (TPSA) is 35.8 Å². The Balaban J connectivity index is 1.82. The van der Waals surface area contributed by atoms with Crippen LogP contribution >= 0.6 is 0 Å². The second-order valence-corrected chi connectivity index (χ2v) is 5.37. The smallest absolute Gasteiger partial charge is 0.0703 e. The lowest BCUT2D eigenvalue weighted by Crippen LogP contribution is -2.46. The van der Waals surface area contributed by atoms with Crippen molar-refractivity contribution >= 4 is 0 Å². The van der Waals surface area contributed by atoms with Gasteiger partial charge in [0.2, 0.25) is 0 Å². The van der Waals surface area contributed by atoms with Crippen LogP contribution in [0, 0.1) is 16.7 Å². The molecular formula is C12H20N2. The minimum Gasteiger partial charge on any atom is -0.310 e. The van der Waals surface area contributed by atoms with Crippen LogP contribution in [0.4, 0.5) is 0 Å². The van der Waals surface area contributed by atoms with E-state index in [4.69, 9.17) is 5.26 Å². The highest BCUT2D eigenvalue weighted by molar-refractivity contribution is 5.11. The summed E-state index contributed by atoms with van der Waals surface area (Å²) in [7, 11) is 0. The fourth-order valence-electron chi connectivity index (χ4n) is 2.37. The lowest BCUT2D eigenvalue weighted by Gasteiger charge is -2.35. The fourth-order valence-corrected chi connectivity index (χ4v) is 2.37. The van der Waals surface area contributed by atoms with Crippen LogP contribution in [0.1, 0.15) is 51.9 Å². The Morgan fingerprint density at radius 3 is 2.29 bits per heavy atom. The van der Waals surface area contributed by atoms with Crippen LogP contribution < -0.4 is 5.32 Å². The fraction of sp³-hybridized carbons (Fsp3) is 0.917. The molecule has 2 aliphatic carbocycles. The second-order valence-electron chi connectivity index (χ2n) is 5.37. The molecule has 0 aromatic carbocycles. The van der Waals surface area contributed by atoms with Crippen molar-refractivity contribution in [3.8, 4) is 6.07 Å². The van der Waals surface area contributed by atoms with Crippen LogP contribution in [0.25, 0.3) is 0 Å². The first-order valence-electron chi connectivity index (χ1n) is 5.84. The summed E-state index contributed by atoms with van der Waals surface area (Å²) in [6.45, 7) is 3.24. The van der Waals surface area contributed by atoms with Gasteiger partial charge in [-0.2, -0.15) is 5.26 Å². The maximum absolute atomic E-state index is 8.98. The molecule has 2 saturated carbocycles. The summed E-state index contributed by atoms with van der Waals surface area (Å²) < 4.78 is 0. The molecule has 0 aromatic rings. The molecule has 0 bridgehead atoms. The Kier molecular flexibility index (Phi) is 2.53. The molecule has 2 nitrogen and oxygen atoms in total.